The van der Waals surface area contributed by atoms with E-state index in [9.17, 15) is 4.79 Å². The Kier molecular flexibility index (Phi) is 6.26. The predicted molar refractivity (Wildman–Crippen MR) is 62.4 cm³/mol. The molecule has 0 aliphatic rings. The summed E-state index contributed by atoms with van der Waals surface area (Å²) in [5, 5.41) is 24.4. The Morgan fingerprint density at radius 1 is 1.50 bits per heavy atom. The summed E-state index contributed by atoms with van der Waals surface area (Å²) in [7, 11) is 1.93. The van der Waals surface area contributed by atoms with Crippen molar-refractivity contribution in [1.29, 1.82) is 0 Å². The minimum Gasteiger partial charge on any atom is -0.476 e. The molecule has 1 aromatic rings. The van der Waals surface area contributed by atoms with Gasteiger partial charge in [-0.05, 0) is 7.05 Å². The highest BCUT2D eigenvalue weighted by Gasteiger charge is 2.08. The van der Waals surface area contributed by atoms with E-state index in [0.717, 1.165) is 6.54 Å². The van der Waals surface area contributed by atoms with Crippen molar-refractivity contribution >= 4 is 5.97 Å². The number of carboxylic acid groups (broad SMARTS) is 1. The number of aliphatic hydroxyl groups is 1. The molecule has 2 N–H and O–H groups in total. The number of hydrogen-bond donors (Lipinski definition) is 2. The lowest BCUT2D eigenvalue weighted by Crippen LogP contribution is -2.27. The SMILES string of the molecule is CN(CCOCCO)CCn1cc(C(=O)O)nn1. The molecule has 1 rings (SSSR count). The van der Waals surface area contributed by atoms with E-state index in [-0.39, 0.29) is 12.3 Å². The van der Waals surface area contributed by atoms with E-state index in [1.165, 1.54) is 10.9 Å². The van der Waals surface area contributed by atoms with E-state index < -0.39 is 5.97 Å². The van der Waals surface area contributed by atoms with E-state index in [1.54, 1.807) is 0 Å². The minimum atomic E-state index is -1.08. The van der Waals surface area contributed by atoms with Crippen LogP contribution in [-0.2, 0) is 11.3 Å². The summed E-state index contributed by atoms with van der Waals surface area (Å²) < 4.78 is 6.63. The number of ether oxygens (including phenoxy) is 1. The second kappa shape index (κ2) is 7.75. The first-order valence-electron chi connectivity index (χ1n) is 5.64. The first-order chi connectivity index (χ1) is 8.63. The van der Waals surface area contributed by atoms with Crippen LogP contribution in [0, 0.1) is 0 Å². The van der Waals surface area contributed by atoms with Gasteiger partial charge in [0.2, 0.25) is 0 Å². The predicted octanol–water partition coefficient (Wildman–Crippen LogP) is -1.08. The third-order valence-corrected chi connectivity index (χ3v) is 2.32. The maximum Gasteiger partial charge on any atom is 0.358 e. The van der Waals surface area contributed by atoms with Crippen molar-refractivity contribution in [2.45, 2.75) is 6.54 Å². The number of carboxylic acids is 1. The highest BCUT2D eigenvalue weighted by molar-refractivity contribution is 5.84. The number of rotatable bonds is 9. The van der Waals surface area contributed by atoms with E-state index in [4.69, 9.17) is 14.9 Å². The van der Waals surface area contributed by atoms with Crippen LogP contribution in [-0.4, -0.2) is 76.0 Å². The molecule has 1 aromatic heterocycles. The molecule has 0 aromatic carbocycles. The van der Waals surface area contributed by atoms with Crippen LogP contribution in [0.2, 0.25) is 0 Å². The zero-order valence-corrected chi connectivity index (χ0v) is 10.3. The minimum absolute atomic E-state index is 0.0284. The van der Waals surface area contributed by atoms with Crippen LogP contribution in [0.25, 0.3) is 0 Å². The number of nitrogens with zero attached hydrogens (tertiary/aromatic N) is 4. The van der Waals surface area contributed by atoms with Gasteiger partial charge in [0.25, 0.3) is 0 Å². The first kappa shape index (κ1) is 14.6. The Labute approximate surface area is 105 Å². The molecule has 0 fully saturated rings. The Morgan fingerprint density at radius 2 is 2.28 bits per heavy atom. The molecule has 0 saturated carbocycles. The van der Waals surface area contributed by atoms with Gasteiger partial charge in [-0.25, -0.2) is 4.79 Å². The Balaban J connectivity index is 2.20. The maximum atomic E-state index is 10.6. The van der Waals surface area contributed by atoms with Gasteiger partial charge in [0.1, 0.15) is 0 Å². The number of hydrogen-bond acceptors (Lipinski definition) is 6. The van der Waals surface area contributed by atoms with Crippen molar-refractivity contribution in [3.63, 3.8) is 0 Å². The van der Waals surface area contributed by atoms with Gasteiger partial charge in [0.05, 0.1) is 32.6 Å². The fraction of sp³-hybridized carbons (Fsp3) is 0.700. The molecule has 0 amide bonds. The van der Waals surface area contributed by atoms with Crippen LogP contribution >= 0.6 is 0 Å². The van der Waals surface area contributed by atoms with Gasteiger partial charge in [-0.15, -0.1) is 5.10 Å². The van der Waals surface area contributed by atoms with Crippen molar-refractivity contribution in [3.05, 3.63) is 11.9 Å². The zero-order valence-electron chi connectivity index (χ0n) is 10.3. The molecule has 1 heterocycles. The van der Waals surface area contributed by atoms with Crippen LogP contribution in [0.5, 0.6) is 0 Å². The Bertz CT molecular complexity index is 369. The average Bonchev–Trinajstić information content (AvgIpc) is 2.81. The van der Waals surface area contributed by atoms with Gasteiger partial charge < -0.3 is 19.8 Å². The molecule has 8 nitrogen and oxygen atoms in total. The number of carbonyl (C=O) groups is 1. The molecule has 0 saturated heterocycles. The van der Waals surface area contributed by atoms with Crippen LogP contribution in [0.3, 0.4) is 0 Å². The second-order valence-corrected chi connectivity index (χ2v) is 3.81. The first-order valence-corrected chi connectivity index (χ1v) is 5.64. The summed E-state index contributed by atoms with van der Waals surface area (Å²) in [6, 6.07) is 0. The topological polar surface area (TPSA) is 101 Å². The Morgan fingerprint density at radius 3 is 2.89 bits per heavy atom. The number of likely N-dealkylation sites (N-methyl/N-ethyl adjacent to an activating group) is 1. The van der Waals surface area contributed by atoms with Crippen molar-refractivity contribution in [2.24, 2.45) is 0 Å². The standard InChI is InChI=1S/C10H18N4O4/c1-13(4-6-18-7-5-15)2-3-14-8-9(10(16)17)11-12-14/h8,15H,2-7H2,1H3,(H,16,17). The molecule has 102 valence electrons. The fourth-order valence-corrected chi connectivity index (χ4v) is 1.28. The molecule has 8 heteroatoms. The van der Waals surface area contributed by atoms with Crippen molar-refractivity contribution < 1.29 is 19.7 Å². The van der Waals surface area contributed by atoms with Crippen LogP contribution in [0.15, 0.2) is 6.20 Å². The summed E-state index contributed by atoms with van der Waals surface area (Å²) in [4.78, 5) is 12.6. The van der Waals surface area contributed by atoms with E-state index in [2.05, 4.69) is 10.3 Å². The van der Waals surface area contributed by atoms with Gasteiger partial charge in [-0.3, -0.25) is 4.68 Å². The third kappa shape index (κ3) is 5.21. The molecule has 0 atom stereocenters. The van der Waals surface area contributed by atoms with Crippen LogP contribution < -0.4 is 0 Å². The van der Waals surface area contributed by atoms with E-state index >= 15 is 0 Å². The maximum absolute atomic E-state index is 10.6. The molecule has 0 bridgehead atoms. The molecule has 0 radical (unpaired) electrons. The summed E-state index contributed by atoms with van der Waals surface area (Å²) in [5.41, 5.74) is -0.0519. The molecule has 0 unspecified atom stereocenters. The van der Waals surface area contributed by atoms with Gasteiger partial charge in [-0.2, -0.15) is 0 Å². The molecule has 0 aliphatic carbocycles. The van der Waals surface area contributed by atoms with E-state index in [0.29, 0.717) is 26.3 Å². The fourth-order valence-electron chi connectivity index (χ4n) is 1.28. The highest BCUT2D eigenvalue weighted by atomic mass is 16.5. The lowest BCUT2D eigenvalue weighted by Gasteiger charge is -2.15. The monoisotopic (exact) mass is 258 g/mol. The molecular formula is C10H18N4O4. The van der Waals surface area contributed by atoms with Crippen LogP contribution in [0.4, 0.5) is 0 Å². The largest absolute Gasteiger partial charge is 0.476 e. The normalized spacial score (nSPS) is 11.1. The molecule has 0 aliphatic heterocycles. The second-order valence-electron chi connectivity index (χ2n) is 3.81. The lowest BCUT2D eigenvalue weighted by atomic mass is 10.5. The lowest BCUT2D eigenvalue weighted by molar-refractivity contribution is 0.0690. The summed E-state index contributed by atoms with van der Waals surface area (Å²) in [6.45, 7) is 2.94. The Hall–Kier alpha value is -1.51. The average molecular weight is 258 g/mol. The van der Waals surface area contributed by atoms with Gasteiger partial charge >= 0.3 is 5.97 Å². The molecule has 0 spiro atoms. The van der Waals surface area contributed by atoms with Gasteiger partial charge in [0, 0.05) is 13.1 Å². The third-order valence-electron chi connectivity index (χ3n) is 2.32. The van der Waals surface area contributed by atoms with Gasteiger partial charge in [0.15, 0.2) is 5.69 Å². The number of aromatic nitrogens is 3. The van der Waals surface area contributed by atoms with Crippen LogP contribution in [0.1, 0.15) is 10.5 Å². The van der Waals surface area contributed by atoms with Crippen molar-refractivity contribution in [1.82, 2.24) is 19.9 Å². The van der Waals surface area contributed by atoms with Gasteiger partial charge in [-0.1, -0.05) is 5.21 Å². The summed E-state index contributed by atoms with van der Waals surface area (Å²) in [5.74, 6) is -1.08. The zero-order chi connectivity index (χ0) is 13.4. The number of aliphatic hydroxyl groups excluding tert-OH is 1. The van der Waals surface area contributed by atoms with Crippen molar-refractivity contribution in [2.75, 3.05) is 40.0 Å². The summed E-state index contributed by atoms with van der Waals surface area (Å²) in [6.07, 6.45) is 1.40. The van der Waals surface area contributed by atoms with Crippen molar-refractivity contribution in [3.8, 4) is 0 Å². The quantitative estimate of drug-likeness (QED) is 0.543. The smallest absolute Gasteiger partial charge is 0.358 e. The molecular weight excluding hydrogens is 240 g/mol. The van der Waals surface area contributed by atoms with E-state index in [1.807, 2.05) is 11.9 Å². The number of aromatic carboxylic acids is 1. The summed E-state index contributed by atoms with van der Waals surface area (Å²) >= 11 is 0. The molecule has 18 heavy (non-hydrogen) atoms. The highest BCUT2D eigenvalue weighted by Crippen LogP contribution is 1.93.